The van der Waals surface area contributed by atoms with Gasteiger partial charge in [-0.2, -0.15) is 0 Å². The number of rotatable bonds is 59. The maximum absolute atomic E-state index is 13.1. The highest BCUT2D eigenvalue weighted by Gasteiger charge is 2.44. The van der Waals surface area contributed by atoms with Crippen molar-refractivity contribution in [1.82, 2.24) is 5.32 Å². The van der Waals surface area contributed by atoms with Crippen LogP contribution in [0, 0.1) is 0 Å². The van der Waals surface area contributed by atoms with Gasteiger partial charge >= 0.3 is 0 Å². The van der Waals surface area contributed by atoms with Gasteiger partial charge in [-0.05, 0) is 89.9 Å². The van der Waals surface area contributed by atoms with E-state index in [2.05, 4.69) is 116 Å². The molecule has 1 aliphatic heterocycles. The molecule has 9 nitrogen and oxygen atoms in total. The SMILES string of the molecule is CC/C=C\C/C=C\C/C=C\C/C=C\C/C=C\C/C=C\C/C=C\CCCCCCCCCCCCCCCCCC(=O)NC(COC1OC(CO)C(O)C(O)C1O)C(O)/C=C/CC/C=C/CCCCCCCCCCCCCCCCCCC. The van der Waals surface area contributed by atoms with Crippen molar-refractivity contribution in [3.63, 3.8) is 0 Å². The molecular formula is C74H129NO8. The Kier molecular flexibility index (Phi) is 58.1. The first-order chi connectivity index (χ1) is 40.8. The smallest absolute Gasteiger partial charge is 0.220 e. The number of amides is 1. The summed E-state index contributed by atoms with van der Waals surface area (Å²) in [6, 6.07) is -0.829. The van der Waals surface area contributed by atoms with Crippen LogP contribution in [0.2, 0.25) is 0 Å². The second kappa shape index (κ2) is 61.9. The van der Waals surface area contributed by atoms with Crippen LogP contribution in [0.25, 0.3) is 0 Å². The minimum absolute atomic E-state index is 0.187. The Labute approximate surface area is 510 Å². The maximum Gasteiger partial charge on any atom is 0.220 e. The molecule has 0 bridgehead atoms. The Morgan fingerprint density at radius 2 is 0.759 bits per heavy atom. The number of allylic oxidation sites excluding steroid dienone is 17. The number of carbonyl (C=O) groups is 1. The monoisotopic (exact) mass is 1160 g/mol. The molecular weight excluding hydrogens is 1030 g/mol. The zero-order valence-corrected chi connectivity index (χ0v) is 53.4. The summed E-state index contributed by atoms with van der Waals surface area (Å²) in [6.07, 6.45) is 84.7. The van der Waals surface area contributed by atoms with E-state index in [1.165, 1.54) is 193 Å². The molecule has 0 spiro atoms. The number of aliphatic hydroxyl groups is 5. The van der Waals surface area contributed by atoms with Gasteiger partial charge in [0.05, 0.1) is 25.4 Å². The topological polar surface area (TPSA) is 149 Å². The molecule has 1 aliphatic rings. The fraction of sp³-hybridized carbons (Fsp3) is 0.743. The zero-order chi connectivity index (χ0) is 60.0. The van der Waals surface area contributed by atoms with Gasteiger partial charge < -0.3 is 40.3 Å². The van der Waals surface area contributed by atoms with Crippen LogP contribution >= 0.6 is 0 Å². The van der Waals surface area contributed by atoms with Gasteiger partial charge in [-0.15, -0.1) is 0 Å². The molecule has 0 aromatic carbocycles. The van der Waals surface area contributed by atoms with E-state index in [-0.39, 0.29) is 12.5 Å². The molecule has 7 atom stereocenters. The van der Waals surface area contributed by atoms with Crippen molar-refractivity contribution >= 4 is 5.91 Å². The first-order valence-electron chi connectivity index (χ1n) is 34.6. The number of ether oxygens (including phenoxy) is 2. The number of unbranched alkanes of at least 4 members (excludes halogenated alkanes) is 33. The first kappa shape index (κ1) is 77.9. The summed E-state index contributed by atoms with van der Waals surface area (Å²) in [6.45, 7) is 3.67. The first-order valence-corrected chi connectivity index (χ1v) is 34.6. The lowest BCUT2D eigenvalue weighted by Gasteiger charge is -2.40. The molecule has 0 aliphatic carbocycles. The summed E-state index contributed by atoms with van der Waals surface area (Å²) in [7, 11) is 0. The number of nitrogens with one attached hydrogen (secondary N) is 1. The molecule has 0 radical (unpaired) electrons. The van der Waals surface area contributed by atoms with Gasteiger partial charge in [0.2, 0.25) is 5.91 Å². The van der Waals surface area contributed by atoms with Gasteiger partial charge in [0.25, 0.3) is 0 Å². The van der Waals surface area contributed by atoms with E-state index >= 15 is 0 Å². The van der Waals surface area contributed by atoms with Crippen LogP contribution in [0.4, 0.5) is 0 Å². The van der Waals surface area contributed by atoms with Crippen LogP contribution in [-0.2, 0) is 14.3 Å². The lowest BCUT2D eigenvalue weighted by Crippen LogP contribution is -2.60. The normalized spacial score (nSPS) is 19.0. The molecule has 1 fully saturated rings. The minimum atomic E-state index is -1.58. The number of aliphatic hydroxyl groups excluding tert-OH is 5. The van der Waals surface area contributed by atoms with Crippen molar-refractivity contribution in [2.75, 3.05) is 13.2 Å². The van der Waals surface area contributed by atoms with E-state index < -0.39 is 49.5 Å². The summed E-state index contributed by atoms with van der Waals surface area (Å²) in [5.74, 6) is -0.187. The molecule has 1 heterocycles. The third-order valence-electron chi connectivity index (χ3n) is 15.8. The van der Waals surface area contributed by atoms with Gasteiger partial charge in [0, 0.05) is 6.42 Å². The van der Waals surface area contributed by atoms with Crippen LogP contribution in [0.1, 0.15) is 296 Å². The Balaban J connectivity index is 2.14. The number of hydrogen-bond acceptors (Lipinski definition) is 8. The van der Waals surface area contributed by atoms with Crippen LogP contribution in [0.15, 0.2) is 109 Å². The van der Waals surface area contributed by atoms with Crippen molar-refractivity contribution in [3.8, 4) is 0 Å². The Morgan fingerprint density at radius 3 is 1.16 bits per heavy atom. The minimum Gasteiger partial charge on any atom is -0.394 e. The second-order valence-corrected chi connectivity index (χ2v) is 23.6. The van der Waals surface area contributed by atoms with Gasteiger partial charge in [0.15, 0.2) is 6.29 Å². The summed E-state index contributed by atoms with van der Waals surface area (Å²) < 4.78 is 11.3. The molecule has 478 valence electrons. The summed E-state index contributed by atoms with van der Waals surface area (Å²) in [5, 5.41) is 54.7. The molecule has 1 amide bonds. The van der Waals surface area contributed by atoms with E-state index in [1.54, 1.807) is 6.08 Å². The fourth-order valence-electron chi connectivity index (χ4n) is 10.4. The Morgan fingerprint density at radius 1 is 0.422 bits per heavy atom. The molecule has 6 N–H and O–H groups in total. The largest absolute Gasteiger partial charge is 0.394 e. The van der Waals surface area contributed by atoms with Crippen molar-refractivity contribution < 1.29 is 39.8 Å². The highest BCUT2D eigenvalue weighted by molar-refractivity contribution is 5.76. The number of hydrogen-bond donors (Lipinski definition) is 6. The Bertz CT molecular complexity index is 1680. The van der Waals surface area contributed by atoms with E-state index in [9.17, 15) is 30.3 Å². The molecule has 7 unspecified atom stereocenters. The third kappa shape index (κ3) is 50.7. The molecule has 0 saturated carbocycles. The average Bonchev–Trinajstić information content (AvgIpc) is 3.60. The zero-order valence-electron chi connectivity index (χ0n) is 53.4. The summed E-state index contributed by atoms with van der Waals surface area (Å²) in [5.41, 5.74) is 0. The lowest BCUT2D eigenvalue weighted by atomic mass is 9.99. The van der Waals surface area contributed by atoms with E-state index in [0.717, 1.165) is 83.5 Å². The van der Waals surface area contributed by atoms with Crippen LogP contribution in [0.5, 0.6) is 0 Å². The predicted octanol–water partition coefficient (Wildman–Crippen LogP) is 18.9. The fourth-order valence-corrected chi connectivity index (χ4v) is 10.4. The predicted molar refractivity (Wildman–Crippen MR) is 354 cm³/mol. The Hall–Kier alpha value is -3.15. The van der Waals surface area contributed by atoms with Gasteiger partial charge in [-0.3, -0.25) is 4.79 Å². The standard InChI is InChI=1S/C74H129NO8/c1-3-5-7-9-11-13-15-17-19-21-23-25-27-28-29-30-31-32-33-34-35-36-37-38-39-40-42-44-46-48-50-52-54-56-58-60-62-64-70(78)75-67(66-82-74-73(81)72(80)71(79)69(65-76)83-74)68(77)63-61-59-57-55-53-51-49-47-45-43-41-26-24-22-20-18-16-14-12-10-8-6-4-2/h5,7,11,13,17,19,23,25,28-29,31-32,34-35,53,55,61,63,67-69,71-74,76-77,79-81H,3-4,6,8-10,12,14-16,18,20-22,24,26-27,30,33,36-52,54,56-60,62,64-66H2,1-2H3,(H,75,78)/b7-5-,13-11-,19-17-,25-23-,29-28-,32-31-,35-34-,55-53+,63-61+. The highest BCUT2D eigenvalue weighted by atomic mass is 16.7. The van der Waals surface area contributed by atoms with Gasteiger partial charge in [-0.25, -0.2) is 0 Å². The molecule has 0 aromatic heterocycles. The van der Waals surface area contributed by atoms with E-state index in [4.69, 9.17) is 9.47 Å². The van der Waals surface area contributed by atoms with Gasteiger partial charge in [0.1, 0.15) is 24.4 Å². The van der Waals surface area contributed by atoms with Crippen LogP contribution < -0.4 is 5.32 Å². The van der Waals surface area contributed by atoms with E-state index in [1.807, 2.05) is 6.08 Å². The van der Waals surface area contributed by atoms with Crippen LogP contribution in [0.3, 0.4) is 0 Å². The maximum atomic E-state index is 13.1. The van der Waals surface area contributed by atoms with Crippen molar-refractivity contribution in [1.29, 1.82) is 0 Å². The second-order valence-electron chi connectivity index (χ2n) is 23.6. The quantitative estimate of drug-likeness (QED) is 0.0261. The molecule has 0 aromatic rings. The van der Waals surface area contributed by atoms with Crippen molar-refractivity contribution in [2.45, 2.75) is 339 Å². The van der Waals surface area contributed by atoms with Crippen molar-refractivity contribution in [3.05, 3.63) is 109 Å². The molecule has 9 heteroatoms. The lowest BCUT2D eigenvalue weighted by molar-refractivity contribution is -0.302. The van der Waals surface area contributed by atoms with Crippen LogP contribution in [-0.4, -0.2) is 87.5 Å². The van der Waals surface area contributed by atoms with Gasteiger partial charge in [-0.1, -0.05) is 309 Å². The highest BCUT2D eigenvalue weighted by Crippen LogP contribution is 2.23. The molecule has 83 heavy (non-hydrogen) atoms. The summed E-state index contributed by atoms with van der Waals surface area (Å²) in [4.78, 5) is 13.1. The number of carbonyl (C=O) groups excluding carboxylic acids is 1. The van der Waals surface area contributed by atoms with Crippen molar-refractivity contribution in [2.24, 2.45) is 0 Å². The van der Waals surface area contributed by atoms with E-state index in [0.29, 0.717) is 6.42 Å². The molecule has 1 rings (SSSR count). The third-order valence-corrected chi connectivity index (χ3v) is 15.8. The average molecular weight is 1160 g/mol. The summed E-state index contributed by atoms with van der Waals surface area (Å²) >= 11 is 0. The molecule has 1 saturated heterocycles.